The predicted molar refractivity (Wildman–Crippen MR) is 109 cm³/mol. The fourth-order valence-electron chi connectivity index (χ4n) is 2.32. The third kappa shape index (κ3) is 5.78. The smallest absolute Gasteiger partial charge is 0.308 e. The average molecular weight is 476 g/mol. The van der Waals surface area contributed by atoms with E-state index in [1.165, 1.54) is 23.4 Å². The number of hydrogen-bond acceptors (Lipinski definition) is 5. The summed E-state index contributed by atoms with van der Waals surface area (Å²) >= 11 is 3.30. The van der Waals surface area contributed by atoms with Crippen molar-refractivity contribution in [1.82, 2.24) is 4.31 Å². The summed E-state index contributed by atoms with van der Waals surface area (Å²) in [6.07, 6.45) is 0. The molecule has 0 bridgehead atoms. The van der Waals surface area contributed by atoms with Crippen LogP contribution in [-0.4, -0.2) is 32.9 Å². The van der Waals surface area contributed by atoms with Gasteiger partial charge in [-0.05, 0) is 62.7 Å². The van der Waals surface area contributed by atoms with E-state index in [0.29, 0.717) is 0 Å². The van der Waals surface area contributed by atoms with Crippen LogP contribution in [0.1, 0.15) is 26.3 Å². The first kappa shape index (κ1) is 21.9. The van der Waals surface area contributed by atoms with Gasteiger partial charge in [-0.1, -0.05) is 28.1 Å². The van der Waals surface area contributed by atoms with Gasteiger partial charge in [0.2, 0.25) is 10.0 Å². The van der Waals surface area contributed by atoms with Gasteiger partial charge in [-0.25, -0.2) is 8.42 Å². The van der Waals surface area contributed by atoms with E-state index in [-0.39, 0.29) is 29.0 Å². The Morgan fingerprint density at radius 1 is 0.963 bits per heavy atom. The molecule has 0 unspecified atom stereocenters. The highest BCUT2D eigenvalue weighted by atomic mass is 79.9. The monoisotopic (exact) mass is 475 g/mol. The van der Waals surface area contributed by atoms with Crippen molar-refractivity contribution in [3.05, 3.63) is 58.6 Å². The van der Waals surface area contributed by atoms with E-state index in [2.05, 4.69) is 15.9 Å². The molecule has 2 rings (SSSR count). The van der Waals surface area contributed by atoms with Crippen molar-refractivity contribution in [1.29, 1.82) is 0 Å². The second kappa shape index (κ2) is 8.72. The molecule has 0 aromatic heterocycles. The van der Waals surface area contributed by atoms with Crippen LogP contribution in [0.15, 0.2) is 57.9 Å². The highest BCUT2D eigenvalue weighted by Gasteiger charge is 2.27. The first-order chi connectivity index (χ1) is 12.5. The van der Waals surface area contributed by atoms with Gasteiger partial charge >= 0.3 is 10.1 Å². The molecule has 2 aromatic rings. The second-order valence-electron chi connectivity index (χ2n) is 6.17. The van der Waals surface area contributed by atoms with E-state index < -0.39 is 20.1 Å². The Kier molecular flexibility index (Phi) is 7.07. The van der Waals surface area contributed by atoms with Crippen molar-refractivity contribution < 1.29 is 21.0 Å². The fourth-order valence-corrected chi connectivity index (χ4v) is 4.73. The van der Waals surface area contributed by atoms with E-state index in [0.717, 1.165) is 10.0 Å². The first-order valence-corrected chi connectivity index (χ1v) is 12.1. The zero-order valence-electron chi connectivity index (χ0n) is 15.3. The maximum absolute atomic E-state index is 13.0. The molecule has 0 heterocycles. The molecule has 148 valence electrons. The van der Waals surface area contributed by atoms with E-state index in [1.807, 2.05) is 13.8 Å². The number of nitrogens with zero attached hydrogens (tertiary/aromatic N) is 1. The molecule has 9 heteroatoms. The summed E-state index contributed by atoms with van der Waals surface area (Å²) in [6.45, 7) is 5.28. The number of sulfonamides is 1. The Bertz CT molecular complexity index is 969. The number of hydrogen-bond donors (Lipinski definition) is 0. The van der Waals surface area contributed by atoms with Crippen LogP contribution in [0.3, 0.4) is 0 Å². The highest BCUT2D eigenvalue weighted by molar-refractivity contribution is 9.10. The lowest BCUT2D eigenvalue weighted by atomic mass is 10.2. The van der Waals surface area contributed by atoms with Crippen molar-refractivity contribution in [3.63, 3.8) is 0 Å². The van der Waals surface area contributed by atoms with E-state index in [1.54, 1.807) is 36.4 Å². The summed E-state index contributed by atoms with van der Waals surface area (Å²) in [5.74, 6) is 0.0777. The zero-order valence-corrected chi connectivity index (χ0v) is 18.5. The van der Waals surface area contributed by atoms with E-state index in [4.69, 9.17) is 4.18 Å². The fraction of sp³-hybridized carbons (Fsp3) is 0.333. The molecule has 2 aromatic carbocycles. The molecular formula is C18H22BrNO5S2. The van der Waals surface area contributed by atoms with Gasteiger partial charge in [0.05, 0.1) is 10.6 Å². The molecule has 27 heavy (non-hydrogen) atoms. The standard InChI is InChI=1S/C18H22BrNO5S2/c1-4-26(21,22)25-17-9-5-15(6-10-17)13-20(14(2)3)27(23,24)18-11-7-16(19)8-12-18/h5-12,14H,4,13H2,1-3H3. The quantitative estimate of drug-likeness (QED) is 0.542. The van der Waals surface area contributed by atoms with Gasteiger partial charge in [0.1, 0.15) is 5.75 Å². The van der Waals surface area contributed by atoms with Crippen LogP contribution in [0, 0.1) is 0 Å². The van der Waals surface area contributed by atoms with Gasteiger partial charge in [0, 0.05) is 17.1 Å². The normalized spacial score (nSPS) is 12.5. The van der Waals surface area contributed by atoms with Gasteiger partial charge in [-0.2, -0.15) is 12.7 Å². The Labute approximate surface area is 169 Å². The van der Waals surface area contributed by atoms with Gasteiger partial charge in [0.15, 0.2) is 0 Å². The SMILES string of the molecule is CCS(=O)(=O)Oc1ccc(CN(C(C)C)S(=O)(=O)c2ccc(Br)cc2)cc1. The predicted octanol–water partition coefficient (Wildman–Crippen LogP) is 3.78. The summed E-state index contributed by atoms with van der Waals surface area (Å²) in [7, 11) is -7.27. The molecule has 0 amide bonds. The highest BCUT2D eigenvalue weighted by Crippen LogP contribution is 2.24. The average Bonchev–Trinajstić information content (AvgIpc) is 2.60. The minimum absolute atomic E-state index is 0.124. The third-order valence-electron chi connectivity index (χ3n) is 3.83. The molecule has 0 radical (unpaired) electrons. The van der Waals surface area contributed by atoms with Crippen molar-refractivity contribution in [2.24, 2.45) is 0 Å². The molecule has 0 saturated heterocycles. The molecule has 0 spiro atoms. The van der Waals surface area contributed by atoms with E-state index >= 15 is 0 Å². The molecule has 0 N–H and O–H groups in total. The van der Waals surface area contributed by atoms with Gasteiger partial charge in [0.25, 0.3) is 0 Å². The van der Waals surface area contributed by atoms with Crippen LogP contribution in [0.2, 0.25) is 0 Å². The Morgan fingerprint density at radius 2 is 1.52 bits per heavy atom. The van der Waals surface area contributed by atoms with Crippen LogP contribution in [-0.2, 0) is 26.7 Å². The topological polar surface area (TPSA) is 80.8 Å². The Hall–Kier alpha value is -1.42. The van der Waals surface area contributed by atoms with Crippen molar-refractivity contribution in [2.75, 3.05) is 5.75 Å². The zero-order chi connectivity index (χ0) is 20.2. The minimum Gasteiger partial charge on any atom is -0.382 e. The maximum atomic E-state index is 13.0. The number of halogens is 1. The summed E-state index contributed by atoms with van der Waals surface area (Å²) in [5, 5.41) is 0. The minimum atomic E-state index is -3.67. The number of benzene rings is 2. The van der Waals surface area contributed by atoms with Gasteiger partial charge in [-0.3, -0.25) is 0 Å². The van der Waals surface area contributed by atoms with Crippen molar-refractivity contribution in [2.45, 2.75) is 38.3 Å². The molecule has 6 nitrogen and oxygen atoms in total. The lowest BCUT2D eigenvalue weighted by Gasteiger charge is -2.26. The Balaban J connectivity index is 2.25. The summed E-state index contributed by atoms with van der Waals surface area (Å²) in [5.41, 5.74) is 0.727. The summed E-state index contributed by atoms with van der Waals surface area (Å²) in [4.78, 5) is 0.216. The molecule has 0 aliphatic carbocycles. The lowest BCUT2D eigenvalue weighted by molar-refractivity contribution is 0.348. The van der Waals surface area contributed by atoms with Gasteiger partial charge < -0.3 is 4.18 Å². The third-order valence-corrected chi connectivity index (χ3v) is 7.55. The van der Waals surface area contributed by atoms with Crippen LogP contribution < -0.4 is 4.18 Å². The maximum Gasteiger partial charge on any atom is 0.308 e. The molecule has 0 atom stereocenters. The number of rotatable bonds is 8. The lowest BCUT2D eigenvalue weighted by Crippen LogP contribution is -2.36. The summed E-state index contributed by atoms with van der Waals surface area (Å²) < 4.78 is 56.2. The van der Waals surface area contributed by atoms with Crippen molar-refractivity contribution in [3.8, 4) is 5.75 Å². The Morgan fingerprint density at radius 3 is 2.00 bits per heavy atom. The molecule has 0 fully saturated rings. The van der Waals surface area contributed by atoms with Gasteiger partial charge in [-0.15, -0.1) is 0 Å². The second-order valence-corrected chi connectivity index (χ2v) is 10.8. The van der Waals surface area contributed by atoms with E-state index in [9.17, 15) is 16.8 Å². The van der Waals surface area contributed by atoms with Crippen LogP contribution in [0.25, 0.3) is 0 Å². The molecule has 0 aliphatic rings. The molecular weight excluding hydrogens is 454 g/mol. The first-order valence-electron chi connectivity index (χ1n) is 8.33. The molecule has 0 aliphatic heterocycles. The van der Waals surface area contributed by atoms with Crippen LogP contribution >= 0.6 is 15.9 Å². The van der Waals surface area contributed by atoms with Crippen LogP contribution in [0.5, 0.6) is 5.75 Å². The molecule has 0 saturated carbocycles. The van der Waals surface area contributed by atoms with Crippen molar-refractivity contribution >= 4 is 36.1 Å². The van der Waals surface area contributed by atoms with Crippen LogP contribution in [0.4, 0.5) is 0 Å². The largest absolute Gasteiger partial charge is 0.382 e. The summed E-state index contributed by atoms with van der Waals surface area (Å²) in [6, 6.07) is 12.6.